The van der Waals surface area contributed by atoms with Gasteiger partial charge in [-0.25, -0.2) is 8.78 Å². The molecule has 0 aromatic heterocycles. The van der Waals surface area contributed by atoms with E-state index in [-0.39, 0.29) is 24.9 Å². The van der Waals surface area contributed by atoms with Gasteiger partial charge in [0.05, 0.1) is 24.9 Å². The van der Waals surface area contributed by atoms with Gasteiger partial charge in [-0.1, -0.05) is 25.1 Å². The maximum Gasteiger partial charge on any atom is 0.243 e. The van der Waals surface area contributed by atoms with Gasteiger partial charge in [0.25, 0.3) is 0 Å². The molecule has 0 fully saturated rings. The first-order valence-corrected chi connectivity index (χ1v) is 7.72. The first-order valence-electron chi connectivity index (χ1n) is 7.72. The Labute approximate surface area is 139 Å². The number of carbonyl (C=O) groups excluding carboxylic acids is 1. The number of anilines is 2. The average Bonchev–Trinajstić information content (AvgIpc) is 2.59. The fraction of sp³-hybridized carbons (Fsp3) is 0.278. The average molecular weight is 334 g/mol. The lowest BCUT2D eigenvalue weighted by Crippen LogP contribution is -2.42. The minimum absolute atomic E-state index is 0.0843. The van der Waals surface area contributed by atoms with E-state index in [2.05, 4.69) is 5.32 Å². The Kier molecular flexibility index (Phi) is 6.26. The van der Waals surface area contributed by atoms with Crippen LogP contribution in [0.25, 0.3) is 0 Å². The highest BCUT2D eigenvalue weighted by Gasteiger charge is 2.20. The van der Waals surface area contributed by atoms with Crippen LogP contribution in [0.5, 0.6) is 0 Å². The molecule has 128 valence electrons. The lowest BCUT2D eigenvalue weighted by molar-refractivity contribution is -0.115. The maximum atomic E-state index is 13.6. The van der Waals surface area contributed by atoms with Gasteiger partial charge in [-0.3, -0.25) is 4.79 Å². The number of hydrogen-bond acceptors (Lipinski definition) is 3. The van der Waals surface area contributed by atoms with Crippen molar-refractivity contribution in [2.45, 2.75) is 19.4 Å². The molecule has 6 heteroatoms. The highest BCUT2D eigenvalue weighted by atomic mass is 19.1. The summed E-state index contributed by atoms with van der Waals surface area (Å²) in [5, 5.41) is 11.9. The molecule has 4 nitrogen and oxygen atoms in total. The van der Waals surface area contributed by atoms with Crippen LogP contribution in [0.4, 0.5) is 20.2 Å². The third-order valence-corrected chi connectivity index (χ3v) is 3.73. The molecule has 0 aliphatic carbocycles. The number of aliphatic hydroxyl groups is 1. The fourth-order valence-corrected chi connectivity index (χ4v) is 2.44. The van der Waals surface area contributed by atoms with Crippen molar-refractivity contribution >= 4 is 17.3 Å². The smallest absolute Gasteiger partial charge is 0.243 e. The van der Waals surface area contributed by atoms with Gasteiger partial charge in [0.15, 0.2) is 0 Å². The van der Waals surface area contributed by atoms with Gasteiger partial charge >= 0.3 is 0 Å². The van der Waals surface area contributed by atoms with Crippen molar-refractivity contribution in [1.29, 1.82) is 0 Å². The molecule has 0 saturated carbocycles. The van der Waals surface area contributed by atoms with Crippen LogP contribution in [-0.4, -0.2) is 30.2 Å². The summed E-state index contributed by atoms with van der Waals surface area (Å²) < 4.78 is 26.8. The summed E-state index contributed by atoms with van der Waals surface area (Å²) in [5.41, 5.74) is 0.568. The molecule has 0 heterocycles. The molecule has 1 unspecified atom stereocenters. The first-order chi connectivity index (χ1) is 11.5. The summed E-state index contributed by atoms with van der Waals surface area (Å²) in [7, 11) is 0. The van der Waals surface area contributed by atoms with Crippen LogP contribution in [0, 0.1) is 11.6 Å². The van der Waals surface area contributed by atoms with Crippen molar-refractivity contribution in [1.82, 2.24) is 0 Å². The zero-order valence-corrected chi connectivity index (χ0v) is 13.4. The lowest BCUT2D eigenvalue weighted by Gasteiger charge is -2.31. The second-order valence-corrected chi connectivity index (χ2v) is 5.38. The Morgan fingerprint density at radius 3 is 2.54 bits per heavy atom. The number of nitrogens with zero attached hydrogens (tertiary/aromatic N) is 1. The quantitative estimate of drug-likeness (QED) is 0.818. The summed E-state index contributed by atoms with van der Waals surface area (Å²) in [4.78, 5) is 14.0. The number of para-hydroxylation sites is 1. The molecule has 1 amide bonds. The van der Waals surface area contributed by atoms with Gasteiger partial charge in [-0.2, -0.15) is 0 Å². The molecule has 0 aliphatic heterocycles. The van der Waals surface area contributed by atoms with Crippen LogP contribution in [0.15, 0.2) is 48.5 Å². The number of aliphatic hydroxyl groups excluding tert-OH is 1. The predicted molar refractivity (Wildman–Crippen MR) is 89.9 cm³/mol. The monoisotopic (exact) mass is 334 g/mol. The van der Waals surface area contributed by atoms with E-state index in [9.17, 15) is 18.7 Å². The van der Waals surface area contributed by atoms with E-state index in [1.165, 1.54) is 0 Å². The van der Waals surface area contributed by atoms with Gasteiger partial charge in [0.2, 0.25) is 5.91 Å². The molecular formula is C18H20F2N2O2. The van der Waals surface area contributed by atoms with Crippen LogP contribution >= 0.6 is 0 Å². The number of halogens is 2. The van der Waals surface area contributed by atoms with Crippen molar-refractivity contribution < 1.29 is 18.7 Å². The number of benzene rings is 2. The minimum Gasteiger partial charge on any atom is -0.394 e. The van der Waals surface area contributed by atoms with Crippen molar-refractivity contribution in [3.8, 4) is 0 Å². The zero-order valence-electron chi connectivity index (χ0n) is 13.4. The molecule has 0 aliphatic rings. The highest BCUT2D eigenvalue weighted by Crippen LogP contribution is 2.19. The number of nitrogens with one attached hydrogen (secondary N) is 1. The van der Waals surface area contributed by atoms with Crippen molar-refractivity contribution in [2.24, 2.45) is 0 Å². The SMILES string of the molecule is CCC(CO)N(CC(=O)Nc1cc(F)ccc1F)c1ccccc1. The normalized spacial score (nSPS) is 11.8. The van der Waals surface area contributed by atoms with Crippen molar-refractivity contribution in [2.75, 3.05) is 23.4 Å². The Bertz CT molecular complexity index is 676. The van der Waals surface area contributed by atoms with E-state index >= 15 is 0 Å². The van der Waals surface area contributed by atoms with Crippen LogP contribution in [0.3, 0.4) is 0 Å². The summed E-state index contributed by atoms with van der Waals surface area (Å²) in [5.74, 6) is -1.83. The largest absolute Gasteiger partial charge is 0.394 e. The second kappa shape index (κ2) is 8.40. The van der Waals surface area contributed by atoms with E-state index in [0.29, 0.717) is 6.42 Å². The fourth-order valence-electron chi connectivity index (χ4n) is 2.44. The van der Waals surface area contributed by atoms with Crippen LogP contribution < -0.4 is 10.2 Å². The molecule has 0 saturated heterocycles. The summed E-state index contributed by atoms with van der Waals surface area (Å²) in [6.45, 7) is 1.70. The summed E-state index contributed by atoms with van der Waals surface area (Å²) in [6, 6.07) is 11.8. The Morgan fingerprint density at radius 1 is 1.21 bits per heavy atom. The minimum atomic E-state index is -0.704. The number of hydrogen-bond donors (Lipinski definition) is 2. The number of amides is 1. The Balaban J connectivity index is 2.16. The van der Waals surface area contributed by atoms with Crippen LogP contribution in [0.2, 0.25) is 0 Å². The van der Waals surface area contributed by atoms with E-state index in [1.807, 2.05) is 37.3 Å². The predicted octanol–water partition coefficient (Wildman–Crippen LogP) is 3.18. The van der Waals surface area contributed by atoms with Gasteiger partial charge in [0.1, 0.15) is 11.6 Å². The molecule has 2 rings (SSSR count). The molecule has 24 heavy (non-hydrogen) atoms. The maximum absolute atomic E-state index is 13.6. The van der Waals surface area contributed by atoms with Gasteiger partial charge in [0, 0.05) is 11.8 Å². The molecular weight excluding hydrogens is 314 g/mol. The van der Waals surface area contributed by atoms with Gasteiger partial charge in [-0.15, -0.1) is 0 Å². The van der Waals surface area contributed by atoms with Crippen molar-refractivity contribution in [3.63, 3.8) is 0 Å². The Hall–Kier alpha value is -2.47. The lowest BCUT2D eigenvalue weighted by atomic mass is 10.1. The molecule has 2 N–H and O–H groups in total. The third kappa shape index (κ3) is 4.52. The van der Waals surface area contributed by atoms with Gasteiger partial charge < -0.3 is 15.3 Å². The summed E-state index contributed by atoms with van der Waals surface area (Å²) in [6.07, 6.45) is 0.632. The Morgan fingerprint density at radius 2 is 1.92 bits per heavy atom. The van der Waals surface area contributed by atoms with E-state index in [0.717, 1.165) is 23.9 Å². The molecule has 1 atom stereocenters. The molecule has 0 bridgehead atoms. The van der Waals surface area contributed by atoms with Crippen LogP contribution in [0.1, 0.15) is 13.3 Å². The molecule has 0 spiro atoms. The molecule has 2 aromatic rings. The second-order valence-electron chi connectivity index (χ2n) is 5.38. The van der Waals surface area contributed by atoms with Crippen molar-refractivity contribution in [3.05, 3.63) is 60.2 Å². The van der Waals surface area contributed by atoms with Crippen LogP contribution in [-0.2, 0) is 4.79 Å². The van der Waals surface area contributed by atoms with E-state index in [4.69, 9.17) is 0 Å². The summed E-state index contributed by atoms with van der Waals surface area (Å²) >= 11 is 0. The topological polar surface area (TPSA) is 52.6 Å². The van der Waals surface area contributed by atoms with E-state index < -0.39 is 17.5 Å². The third-order valence-electron chi connectivity index (χ3n) is 3.73. The molecule has 2 aromatic carbocycles. The molecule has 0 radical (unpaired) electrons. The number of rotatable bonds is 7. The number of carbonyl (C=O) groups is 1. The van der Waals surface area contributed by atoms with Gasteiger partial charge in [-0.05, 0) is 30.7 Å². The first kappa shape index (κ1) is 17.9. The van der Waals surface area contributed by atoms with E-state index in [1.54, 1.807) is 4.90 Å². The highest BCUT2D eigenvalue weighted by molar-refractivity contribution is 5.94. The zero-order chi connectivity index (χ0) is 17.5. The standard InChI is InChI=1S/C18H20F2N2O2/c1-2-14(12-23)22(15-6-4-3-5-7-15)11-18(24)21-17-10-13(19)8-9-16(17)20/h3-10,14,23H,2,11-12H2,1H3,(H,21,24).